The average molecular weight is 271 g/mol. The van der Waals surface area contributed by atoms with Crippen molar-refractivity contribution in [2.45, 2.75) is 76.4 Å². The normalized spacial score (nSPS) is 37.0. The number of nitrogens with one attached hydrogen (secondary N) is 1. The zero-order chi connectivity index (χ0) is 13.6. The Morgan fingerprint density at radius 3 is 2.50 bits per heavy atom. The third-order valence-electron chi connectivity index (χ3n) is 5.28. The summed E-state index contributed by atoms with van der Waals surface area (Å²) in [5.41, 5.74) is 0. The molecule has 1 aliphatic carbocycles. The lowest BCUT2D eigenvalue weighted by Crippen LogP contribution is -2.46. The second-order valence-electron chi connectivity index (χ2n) is 7.54. The van der Waals surface area contributed by atoms with Crippen molar-refractivity contribution in [2.75, 3.05) is 6.61 Å². The van der Waals surface area contributed by atoms with E-state index in [0.717, 1.165) is 0 Å². The summed E-state index contributed by atoms with van der Waals surface area (Å²) in [6.07, 6.45) is 3.45. The predicted octanol–water partition coefficient (Wildman–Crippen LogP) is 2.51. The molecule has 0 unspecified atom stereocenters. The van der Waals surface area contributed by atoms with Gasteiger partial charge in [-0.05, 0) is 31.0 Å². The van der Waals surface area contributed by atoms with Crippen LogP contribution in [0.4, 0.5) is 0 Å². The van der Waals surface area contributed by atoms with Gasteiger partial charge in [0.05, 0.1) is 18.8 Å². The van der Waals surface area contributed by atoms with Crippen molar-refractivity contribution < 1.29 is 9.53 Å². The Bertz CT molecular complexity index is 301. The van der Waals surface area contributed by atoms with E-state index in [1.54, 1.807) is 0 Å². The Balaban J connectivity index is 1.88. The summed E-state index contributed by atoms with van der Waals surface area (Å²) in [4.78, 5) is 0. The first-order valence-corrected chi connectivity index (χ1v) is 10.2. The average Bonchev–Trinajstić information content (AvgIpc) is 2.78. The van der Waals surface area contributed by atoms with E-state index >= 15 is 0 Å². The van der Waals surface area contributed by atoms with Crippen LogP contribution in [0.1, 0.15) is 40.0 Å². The molecule has 1 heterocycles. The summed E-state index contributed by atoms with van der Waals surface area (Å²) in [7, 11) is -1.69. The third-order valence-corrected chi connectivity index (χ3v) is 9.78. The maximum absolute atomic E-state index is 10.3. The van der Waals surface area contributed by atoms with Crippen molar-refractivity contribution >= 4 is 8.32 Å². The van der Waals surface area contributed by atoms with E-state index in [1.165, 1.54) is 19.3 Å². The van der Waals surface area contributed by atoms with E-state index in [-0.39, 0.29) is 17.2 Å². The molecule has 2 fully saturated rings. The minimum absolute atomic E-state index is 0.148. The highest BCUT2D eigenvalue weighted by atomic mass is 28.4. The lowest BCUT2D eigenvalue weighted by molar-refractivity contribution is 0.0909. The van der Waals surface area contributed by atoms with Crippen molar-refractivity contribution in [3.05, 3.63) is 0 Å². The zero-order valence-electron chi connectivity index (χ0n) is 12.5. The van der Waals surface area contributed by atoms with Gasteiger partial charge in [0, 0.05) is 12.0 Å². The molecule has 2 rings (SSSR count). The lowest BCUT2D eigenvalue weighted by Gasteiger charge is -2.37. The Morgan fingerprint density at radius 2 is 1.94 bits per heavy atom. The molecule has 4 heteroatoms. The fourth-order valence-electron chi connectivity index (χ4n) is 2.94. The number of hydrogen-bond donors (Lipinski definition) is 2. The highest BCUT2D eigenvalue weighted by Crippen LogP contribution is 2.38. The molecule has 2 N–H and O–H groups in total. The van der Waals surface area contributed by atoms with Crippen molar-refractivity contribution in [2.24, 2.45) is 5.92 Å². The van der Waals surface area contributed by atoms with Gasteiger partial charge < -0.3 is 14.8 Å². The number of rotatable bonds is 3. The van der Waals surface area contributed by atoms with Gasteiger partial charge in [-0.2, -0.15) is 0 Å². The molecule has 106 valence electrons. The minimum Gasteiger partial charge on any atom is -0.415 e. The van der Waals surface area contributed by atoms with Crippen LogP contribution in [0.2, 0.25) is 18.1 Å². The molecule has 2 aliphatic rings. The molecule has 1 saturated carbocycles. The molecule has 3 nitrogen and oxygen atoms in total. The van der Waals surface area contributed by atoms with E-state index < -0.39 is 8.32 Å². The molecule has 1 saturated heterocycles. The first-order chi connectivity index (χ1) is 8.22. The molecule has 4 atom stereocenters. The van der Waals surface area contributed by atoms with Gasteiger partial charge in [0.15, 0.2) is 8.32 Å². The maximum Gasteiger partial charge on any atom is 0.192 e. The smallest absolute Gasteiger partial charge is 0.192 e. The summed E-state index contributed by atoms with van der Waals surface area (Å²) in [5.74, 6) is 0.470. The van der Waals surface area contributed by atoms with Crippen LogP contribution in [0, 0.1) is 5.92 Å². The maximum atomic E-state index is 10.3. The lowest BCUT2D eigenvalue weighted by atomic mass is 9.99. The summed E-state index contributed by atoms with van der Waals surface area (Å²) in [5, 5.41) is 14.1. The second-order valence-corrected chi connectivity index (χ2v) is 12.3. The predicted molar refractivity (Wildman–Crippen MR) is 77.2 cm³/mol. The summed E-state index contributed by atoms with van der Waals surface area (Å²) in [6, 6.07) is 0.683. The molecular weight excluding hydrogens is 242 g/mol. The standard InChI is InChI=1S/C14H29NO2Si/c1-14(2,3)18(4,5)17-9-12-13(16)10-7-6-8-11(10)15-12/h10-13,15-16H,6-9H2,1-5H3/t10-,11+,12-,13+/m0/s1. The van der Waals surface area contributed by atoms with E-state index in [1.807, 2.05) is 0 Å². The largest absolute Gasteiger partial charge is 0.415 e. The van der Waals surface area contributed by atoms with Crippen molar-refractivity contribution in [1.82, 2.24) is 5.32 Å². The molecule has 0 amide bonds. The molecule has 0 aromatic carbocycles. The minimum atomic E-state index is -1.69. The monoisotopic (exact) mass is 271 g/mol. The second kappa shape index (κ2) is 4.89. The van der Waals surface area contributed by atoms with Crippen LogP contribution in [0.25, 0.3) is 0 Å². The number of fused-ring (bicyclic) bond motifs is 1. The Hall–Kier alpha value is 0.0969. The van der Waals surface area contributed by atoms with Crippen LogP contribution in [-0.2, 0) is 4.43 Å². The van der Waals surface area contributed by atoms with Gasteiger partial charge >= 0.3 is 0 Å². The molecule has 0 bridgehead atoms. The fourth-order valence-corrected chi connectivity index (χ4v) is 3.97. The van der Waals surface area contributed by atoms with Gasteiger partial charge in [-0.15, -0.1) is 0 Å². The van der Waals surface area contributed by atoms with E-state index in [4.69, 9.17) is 4.43 Å². The van der Waals surface area contributed by atoms with Gasteiger partial charge in [0.25, 0.3) is 0 Å². The number of hydrogen-bond acceptors (Lipinski definition) is 3. The van der Waals surface area contributed by atoms with Crippen molar-refractivity contribution in [3.8, 4) is 0 Å². The van der Waals surface area contributed by atoms with Crippen LogP contribution >= 0.6 is 0 Å². The van der Waals surface area contributed by atoms with Gasteiger partial charge in [-0.3, -0.25) is 0 Å². The molecule has 0 radical (unpaired) electrons. The van der Waals surface area contributed by atoms with Crippen LogP contribution in [0.15, 0.2) is 0 Å². The molecule has 0 spiro atoms. The number of aliphatic hydroxyl groups excluding tert-OH is 1. The van der Waals surface area contributed by atoms with Crippen molar-refractivity contribution in [3.63, 3.8) is 0 Å². The molecule has 0 aromatic heterocycles. The van der Waals surface area contributed by atoms with Crippen LogP contribution in [-0.4, -0.2) is 38.2 Å². The zero-order valence-corrected chi connectivity index (χ0v) is 13.5. The fraction of sp³-hybridized carbons (Fsp3) is 1.00. The molecular formula is C14H29NO2Si. The highest BCUT2D eigenvalue weighted by Gasteiger charge is 2.45. The number of aliphatic hydroxyl groups is 1. The van der Waals surface area contributed by atoms with Gasteiger partial charge in [-0.25, -0.2) is 0 Å². The quantitative estimate of drug-likeness (QED) is 0.775. The summed E-state index contributed by atoms with van der Waals surface area (Å²) < 4.78 is 6.23. The SMILES string of the molecule is CC(C)(C)[Si](C)(C)OC[C@@H]1N[C@@H]2CCC[C@@H]2[C@H]1O. The van der Waals surface area contributed by atoms with E-state index in [0.29, 0.717) is 18.6 Å². The Kier molecular flexibility index (Phi) is 3.94. The molecule has 0 aromatic rings. The van der Waals surface area contributed by atoms with Crippen LogP contribution in [0.3, 0.4) is 0 Å². The Labute approximate surface area is 112 Å². The van der Waals surface area contributed by atoms with Gasteiger partial charge in [0.1, 0.15) is 0 Å². The van der Waals surface area contributed by atoms with Crippen molar-refractivity contribution in [1.29, 1.82) is 0 Å². The van der Waals surface area contributed by atoms with Crippen LogP contribution < -0.4 is 5.32 Å². The Morgan fingerprint density at radius 1 is 1.28 bits per heavy atom. The van der Waals surface area contributed by atoms with Crippen LogP contribution in [0.5, 0.6) is 0 Å². The third kappa shape index (κ3) is 2.67. The first kappa shape index (κ1) is 14.5. The summed E-state index contributed by atoms with van der Waals surface area (Å²) >= 11 is 0. The van der Waals surface area contributed by atoms with Gasteiger partial charge in [0.2, 0.25) is 0 Å². The van der Waals surface area contributed by atoms with E-state index in [9.17, 15) is 5.11 Å². The molecule has 18 heavy (non-hydrogen) atoms. The first-order valence-electron chi connectivity index (χ1n) is 7.30. The summed E-state index contributed by atoms with van der Waals surface area (Å²) in [6.45, 7) is 12.0. The highest BCUT2D eigenvalue weighted by molar-refractivity contribution is 6.74. The van der Waals surface area contributed by atoms with Gasteiger partial charge in [-0.1, -0.05) is 27.2 Å². The van der Waals surface area contributed by atoms with E-state index in [2.05, 4.69) is 39.2 Å². The topological polar surface area (TPSA) is 41.5 Å². The molecule has 1 aliphatic heterocycles.